The second-order valence-corrected chi connectivity index (χ2v) is 5.17. The minimum absolute atomic E-state index is 0.206. The Morgan fingerprint density at radius 2 is 2.11 bits per heavy atom. The van der Waals surface area contributed by atoms with Crippen molar-refractivity contribution in [1.29, 1.82) is 0 Å². The van der Waals surface area contributed by atoms with Crippen LogP contribution in [0.25, 0.3) is 0 Å². The van der Waals surface area contributed by atoms with Crippen LogP contribution < -0.4 is 0 Å². The molecule has 1 heterocycles. The quantitative estimate of drug-likeness (QED) is 0.884. The van der Waals surface area contributed by atoms with Gasteiger partial charge in [-0.1, -0.05) is 29.8 Å². The molecule has 1 N–H and O–H groups in total. The molecule has 0 bridgehead atoms. The third kappa shape index (κ3) is 3.33. The van der Waals surface area contributed by atoms with Gasteiger partial charge in [0.2, 0.25) is 5.91 Å². The van der Waals surface area contributed by atoms with Crippen molar-refractivity contribution in [2.24, 2.45) is 5.92 Å². The lowest BCUT2D eigenvalue weighted by Crippen LogP contribution is -2.40. The zero-order valence-electron chi connectivity index (χ0n) is 10.9. The average molecular weight is 247 g/mol. The standard InChI is InChI=1S/C15H21NO2/c1-12-3-2-4-14(9-12)10-15(18)16-7-5-13(11-17)6-8-16/h2-4,9,13,17H,5-8,10-11H2,1H3. The molecule has 1 aliphatic heterocycles. The molecular weight excluding hydrogens is 226 g/mol. The summed E-state index contributed by atoms with van der Waals surface area (Å²) in [5.41, 5.74) is 2.28. The van der Waals surface area contributed by atoms with E-state index in [4.69, 9.17) is 5.11 Å². The van der Waals surface area contributed by atoms with Gasteiger partial charge in [0.1, 0.15) is 0 Å². The summed E-state index contributed by atoms with van der Waals surface area (Å²) in [6, 6.07) is 8.11. The number of piperidine rings is 1. The average Bonchev–Trinajstić information content (AvgIpc) is 2.39. The van der Waals surface area contributed by atoms with E-state index in [1.54, 1.807) is 0 Å². The first kappa shape index (κ1) is 13.1. The summed E-state index contributed by atoms with van der Waals surface area (Å²) in [6.07, 6.45) is 2.34. The molecule has 2 rings (SSSR count). The van der Waals surface area contributed by atoms with Crippen LogP contribution in [0.5, 0.6) is 0 Å². The number of aliphatic hydroxyl groups excluding tert-OH is 1. The third-order valence-corrected chi connectivity index (χ3v) is 3.66. The monoisotopic (exact) mass is 247 g/mol. The molecule has 0 saturated carbocycles. The molecule has 3 nitrogen and oxygen atoms in total. The van der Waals surface area contributed by atoms with Gasteiger partial charge in [0.05, 0.1) is 6.42 Å². The number of aryl methyl sites for hydroxylation is 1. The summed E-state index contributed by atoms with van der Waals surface area (Å²) in [6.45, 7) is 3.87. The molecule has 1 aromatic carbocycles. The summed E-state index contributed by atoms with van der Waals surface area (Å²) < 4.78 is 0. The van der Waals surface area contributed by atoms with Gasteiger partial charge >= 0.3 is 0 Å². The molecule has 0 aromatic heterocycles. The zero-order chi connectivity index (χ0) is 13.0. The van der Waals surface area contributed by atoms with E-state index in [9.17, 15) is 4.79 Å². The molecule has 0 spiro atoms. The van der Waals surface area contributed by atoms with Gasteiger partial charge in [0.15, 0.2) is 0 Å². The predicted molar refractivity (Wildman–Crippen MR) is 71.3 cm³/mol. The number of rotatable bonds is 3. The van der Waals surface area contributed by atoms with Crippen molar-refractivity contribution in [1.82, 2.24) is 4.90 Å². The molecule has 1 aliphatic rings. The van der Waals surface area contributed by atoms with Crippen LogP contribution in [0, 0.1) is 12.8 Å². The molecular formula is C15H21NO2. The number of likely N-dealkylation sites (tertiary alicyclic amines) is 1. The molecule has 3 heteroatoms. The Morgan fingerprint density at radius 1 is 1.39 bits per heavy atom. The van der Waals surface area contributed by atoms with Gasteiger partial charge in [-0.2, -0.15) is 0 Å². The molecule has 0 radical (unpaired) electrons. The molecule has 1 saturated heterocycles. The highest BCUT2D eigenvalue weighted by molar-refractivity contribution is 5.78. The Bertz CT molecular complexity index is 409. The number of carbonyl (C=O) groups excluding carboxylic acids is 1. The van der Waals surface area contributed by atoms with Crippen LogP contribution in [0.1, 0.15) is 24.0 Å². The van der Waals surface area contributed by atoms with E-state index in [-0.39, 0.29) is 12.5 Å². The first-order valence-corrected chi connectivity index (χ1v) is 6.63. The second kappa shape index (κ2) is 6.01. The topological polar surface area (TPSA) is 40.5 Å². The van der Waals surface area contributed by atoms with E-state index in [2.05, 4.69) is 6.07 Å². The molecule has 0 unspecified atom stereocenters. The van der Waals surface area contributed by atoms with Crippen LogP contribution in [0.4, 0.5) is 0 Å². The highest BCUT2D eigenvalue weighted by atomic mass is 16.3. The highest BCUT2D eigenvalue weighted by Gasteiger charge is 2.22. The SMILES string of the molecule is Cc1cccc(CC(=O)N2CCC(CO)CC2)c1. The second-order valence-electron chi connectivity index (χ2n) is 5.17. The maximum absolute atomic E-state index is 12.1. The Hall–Kier alpha value is -1.35. The lowest BCUT2D eigenvalue weighted by molar-refractivity contribution is -0.132. The molecule has 1 aromatic rings. The first-order valence-electron chi connectivity index (χ1n) is 6.63. The highest BCUT2D eigenvalue weighted by Crippen LogP contribution is 2.17. The van der Waals surface area contributed by atoms with Gasteiger partial charge < -0.3 is 10.0 Å². The summed E-state index contributed by atoms with van der Waals surface area (Å²) in [7, 11) is 0. The van der Waals surface area contributed by atoms with Gasteiger partial charge in [-0.15, -0.1) is 0 Å². The normalized spacial score (nSPS) is 16.9. The Labute approximate surface area is 108 Å². The summed E-state index contributed by atoms with van der Waals surface area (Å²) >= 11 is 0. The van der Waals surface area contributed by atoms with E-state index >= 15 is 0 Å². The van der Waals surface area contributed by atoms with Crippen molar-refractivity contribution in [3.8, 4) is 0 Å². The van der Waals surface area contributed by atoms with Crippen molar-refractivity contribution in [2.45, 2.75) is 26.2 Å². The lowest BCUT2D eigenvalue weighted by atomic mass is 9.97. The van der Waals surface area contributed by atoms with E-state index in [0.717, 1.165) is 31.5 Å². The molecule has 1 amide bonds. The van der Waals surface area contributed by atoms with Gasteiger partial charge in [0, 0.05) is 19.7 Å². The molecule has 1 fully saturated rings. The largest absolute Gasteiger partial charge is 0.396 e. The number of hydrogen-bond acceptors (Lipinski definition) is 2. The smallest absolute Gasteiger partial charge is 0.226 e. The third-order valence-electron chi connectivity index (χ3n) is 3.66. The number of aliphatic hydroxyl groups is 1. The van der Waals surface area contributed by atoms with Crippen LogP contribution in [0.2, 0.25) is 0 Å². The van der Waals surface area contributed by atoms with Crippen LogP contribution in [0.15, 0.2) is 24.3 Å². The fourth-order valence-corrected chi connectivity index (χ4v) is 2.47. The van der Waals surface area contributed by atoms with E-state index in [0.29, 0.717) is 12.3 Å². The van der Waals surface area contributed by atoms with Crippen molar-refractivity contribution < 1.29 is 9.90 Å². The van der Waals surface area contributed by atoms with Gasteiger partial charge in [0.25, 0.3) is 0 Å². The Morgan fingerprint density at radius 3 is 2.72 bits per heavy atom. The number of hydrogen-bond donors (Lipinski definition) is 1. The molecule has 18 heavy (non-hydrogen) atoms. The predicted octanol–water partition coefficient (Wildman–Crippen LogP) is 1.77. The molecule has 98 valence electrons. The molecule has 0 aliphatic carbocycles. The summed E-state index contributed by atoms with van der Waals surface area (Å²) in [5.74, 6) is 0.588. The van der Waals surface area contributed by atoms with Crippen LogP contribution in [-0.2, 0) is 11.2 Å². The molecule has 0 atom stereocenters. The van der Waals surface area contributed by atoms with Crippen LogP contribution in [-0.4, -0.2) is 35.6 Å². The van der Waals surface area contributed by atoms with Gasteiger partial charge in [-0.3, -0.25) is 4.79 Å². The van der Waals surface area contributed by atoms with Gasteiger partial charge in [-0.05, 0) is 31.2 Å². The Kier molecular flexibility index (Phi) is 4.37. The van der Waals surface area contributed by atoms with E-state index in [1.807, 2.05) is 30.0 Å². The Balaban J connectivity index is 1.89. The lowest BCUT2D eigenvalue weighted by Gasteiger charge is -2.31. The minimum Gasteiger partial charge on any atom is -0.396 e. The van der Waals surface area contributed by atoms with E-state index < -0.39 is 0 Å². The fourth-order valence-electron chi connectivity index (χ4n) is 2.47. The van der Waals surface area contributed by atoms with Gasteiger partial charge in [-0.25, -0.2) is 0 Å². The fraction of sp³-hybridized carbons (Fsp3) is 0.533. The maximum Gasteiger partial charge on any atom is 0.226 e. The summed E-state index contributed by atoms with van der Waals surface area (Å²) in [4.78, 5) is 14.1. The van der Waals surface area contributed by atoms with Crippen molar-refractivity contribution >= 4 is 5.91 Å². The number of carbonyl (C=O) groups is 1. The van der Waals surface area contributed by atoms with Crippen molar-refractivity contribution in [3.05, 3.63) is 35.4 Å². The minimum atomic E-state index is 0.206. The number of nitrogens with zero attached hydrogens (tertiary/aromatic N) is 1. The zero-order valence-corrected chi connectivity index (χ0v) is 10.9. The van der Waals surface area contributed by atoms with Crippen LogP contribution in [0.3, 0.4) is 0 Å². The van der Waals surface area contributed by atoms with Crippen LogP contribution >= 0.6 is 0 Å². The van der Waals surface area contributed by atoms with E-state index in [1.165, 1.54) is 5.56 Å². The van der Waals surface area contributed by atoms with Crippen molar-refractivity contribution in [2.75, 3.05) is 19.7 Å². The number of amides is 1. The van der Waals surface area contributed by atoms with Crippen molar-refractivity contribution in [3.63, 3.8) is 0 Å². The first-order chi connectivity index (χ1) is 8.69. The maximum atomic E-state index is 12.1. The number of benzene rings is 1. The summed E-state index contributed by atoms with van der Waals surface area (Å²) in [5, 5.41) is 9.08.